The molecule has 0 spiro atoms. The summed E-state index contributed by atoms with van der Waals surface area (Å²) in [7, 11) is 3.13. The smallest absolute Gasteiger partial charge is 0.318 e. The second-order valence-corrected chi connectivity index (χ2v) is 5.86. The van der Waals surface area contributed by atoms with Crippen LogP contribution in [0.25, 0.3) is 0 Å². The number of benzene rings is 2. The molecule has 0 aliphatic rings. The van der Waals surface area contributed by atoms with E-state index in [0.29, 0.717) is 24.6 Å². The average molecular weight is 386 g/mol. The van der Waals surface area contributed by atoms with Gasteiger partial charge in [-0.15, -0.1) is 0 Å². The summed E-state index contributed by atoms with van der Waals surface area (Å²) in [5, 5.41) is 10.4. The summed E-state index contributed by atoms with van der Waals surface area (Å²) in [6.07, 6.45) is 1.71. The summed E-state index contributed by atoms with van der Waals surface area (Å²) in [6.45, 7) is 1.17. The van der Waals surface area contributed by atoms with Gasteiger partial charge in [-0.1, -0.05) is 0 Å². The van der Waals surface area contributed by atoms with Gasteiger partial charge in [-0.25, -0.2) is 9.59 Å². The molecule has 0 bridgehead atoms. The zero-order valence-electron chi connectivity index (χ0n) is 16.1. The maximum absolute atomic E-state index is 11.2. The fourth-order valence-electron chi connectivity index (χ4n) is 2.24. The van der Waals surface area contributed by atoms with Crippen molar-refractivity contribution in [2.24, 2.45) is 0 Å². The molecule has 28 heavy (non-hydrogen) atoms. The number of amides is 4. The number of rotatable bonds is 9. The van der Waals surface area contributed by atoms with Crippen LogP contribution in [0.4, 0.5) is 21.0 Å². The lowest BCUT2D eigenvalue weighted by atomic mass is 10.3. The number of unbranched alkanes of at least 4 members (excludes halogenated alkanes) is 1. The number of anilines is 2. The van der Waals surface area contributed by atoms with Crippen molar-refractivity contribution >= 4 is 23.4 Å². The third kappa shape index (κ3) is 7.45. The highest BCUT2D eigenvalue weighted by Crippen LogP contribution is 2.17. The predicted octanol–water partition coefficient (Wildman–Crippen LogP) is 3.43. The van der Waals surface area contributed by atoms with E-state index in [1.807, 2.05) is 24.3 Å². The van der Waals surface area contributed by atoms with E-state index in [4.69, 9.17) is 9.47 Å². The highest BCUT2D eigenvalue weighted by molar-refractivity contribution is 5.89. The van der Waals surface area contributed by atoms with Crippen LogP contribution >= 0.6 is 0 Å². The lowest BCUT2D eigenvalue weighted by molar-refractivity contribution is 0.253. The first kappa shape index (κ1) is 20.9. The number of ether oxygens (including phenoxy) is 2. The van der Waals surface area contributed by atoms with Crippen LogP contribution in [0, 0.1) is 0 Å². The van der Waals surface area contributed by atoms with Crippen LogP contribution in [0.15, 0.2) is 48.5 Å². The van der Waals surface area contributed by atoms with E-state index in [1.165, 1.54) is 0 Å². The third-order valence-electron chi connectivity index (χ3n) is 3.75. The highest BCUT2D eigenvalue weighted by atomic mass is 16.5. The Morgan fingerprint density at radius 2 is 1.04 bits per heavy atom. The number of urea groups is 2. The van der Waals surface area contributed by atoms with Gasteiger partial charge in [-0.3, -0.25) is 0 Å². The number of nitrogens with one attached hydrogen (secondary N) is 4. The molecule has 0 aromatic heterocycles. The number of hydrogen-bond donors (Lipinski definition) is 4. The molecule has 0 saturated heterocycles. The molecule has 0 radical (unpaired) electrons. The summed E-state index contributed by atoms with van der Waals surface area (Å²) in [5.74, 6) is 1.50. The zero-order chi connectivity index (χ0) is 20.2. The molecule has 8 nitrogen and oxygen atoms in total. The van der Waals surface area contributed by atoms with Gasteiger partial charge in [0, 0.05) is 25.5 Å². The summed E-state index contributed by atoms with van der Waals surface area (Å²) >= 11 is 0. The number of carbonyl (C=O) groups excluding carboxylic acids is 2. The van der Waals surface area contributed by atoms with Gasteiger partial charge >= 0.3 is 12.1 Å². The quantitative estimate of drug-likeness (QED) is 0.496. The standard InChI is InChI=1S/C20H26N4O4/c1-21-19(25)23-15-5-9-17(10-6-15)27-13-3-4-14-28-18-11-7-16(8-12-18)24-20(26)22-2/h5-12H,3-4,13-14H2,1-2H3,(H2,21,23,25)(H2,22,24,26). The van der Waals surface area contributed by atoms with E-state index in [2.05, 4.69) is 21.3 Å². The summed E-state index contributed by atoms with van der Waals surface area (Å²) in [4.78, 5) is 22.5. The van der Waals surface area contributed by atoms with Crippen molar-refractivity contribution in [3.63, 3.8) is 0 Å². The molecular weight excluding hydrogens is 360 g/mol. The number of carbonyl (C=O) groups is 2. The molecule has 150 valence electrons. The topological polar surface area (TPSA) is 101 Å². The molecule has 0 saturated carbocycles. The first-order chi connectivity index (χ1) is 13.6. The van der Waals surface area contributed by atoms with E-state index >= 15 is 0 Å². The molecule has 4 amide bonds. The van der Waals surface area contributed by atoms with Gasteiger partial charge in [0.1, 0.15) is 11.5 Å². The van der Waals surface area contributed by atoms with Gasteiger partial charge in [0.2, 0.25) is 0 Å². The maximum Gasteiger partial charge on any atom is 0.318 e. The van der Waals surface area contributed by atoms with Crippen LogP contribution in [0.2, 0.25) is 0 Å². The van der Waals surface area contributed by atoms with Crippen molar-refractivity contribution in [2.45, 2.75) is 12.8 Å². The fraction of sp³-hybridized carbons (Fsp3) is 0.300. The molecule has 2 aromatic carbocycles. The second kappa shape index (κ2) is 11.3. The van der Waals surface area contributed by atoms with Gasteiger partial charge in [0.15, 0.2) is 0 Å². The summed E-state index contributed by atoms with van der Waals surface area (Å²) in [5.41, 5.74) is 1.41. The van der Waals surface area contributed by atoms with Crippen LogP contribution in [-0.2, 0) is 0 Å². The van der Waals surface area contributed by atoms with Crippen LogP contribution in [-0.4, -0.2) is 39.4 Å². The molecule has 0 fully saturated rings. The van der Waals surface area contributed by atoms with Gasteiger partial charge < -0.3 is 30.7 Å². The van der Waals surface area contributed by atoms with E-state index in [1.54, 1.807) is 38.4 Å². The Labute approximate surface area is 164 Å². The van der Waals surface area contributed by atoms with Gasteiger partial charge in [-0.2, -0.15) is 0 Å². The van der Waals surface area contributed by atoms with Crippen LogP contribution in [0.1, 0.15) is 12.8 Å². The second-order valence-electron chi connectivity index (χ2n) is 5.86. The van der Waals surface area contributed by atoms with Gasteiger partial charge in [0.05, 0.1) is 13.2 Å². The first-order valence-electron chi connectivity index (χ1n) is 9.04. The molecule has 0 atom stereocenters. The van der Waals surface area contributed by atoms with Crippen molar-refractivity contribution in [3.05, 3.63) is 48.5 Å². The monoisotopic (exact) mass is 386 g/mol. The molecule has 8 heteroatoms. The highest BCUT2D eigenvalue weighted by Gasteiger charge is 2.01. The first-order valence-corrected chi connectivity index (χ1v) is 9.04. The van der Waals surface area contributed by atoms with E-state index < -0.39 is 0 Å². The van der Waals surface area contributed by atoms with Crippen molar-refractivity contribution in [2.75, 3.05) is 37.9 Å². The summed E-state index contributed by atoms with van der Waals surface area (Å²) < 4.78 is 11.4. The van der Waals surface area contributed by atoms with E-state index in [-0.39, 0.29) is 12.1 Å². The lowest BCUT2D eigenvalue weighted by Gasteiger charge is -2.09. The Morgan fingerprint density at radius 1 is 0.679 bits per heavy atom. The minimum Gasteiger partial charge on any atom is -0.494 e. The fourth-order valence-corrected chi connectivity index (χ4v) is 2.24. The molecule has 0 aliphatic heterocycles. The molecule has 4 N–H and O–H groups in total. The largest absolute Gasteiger partial charge is 0.494 e. The third-order valence-corrected chi connectivity index (χ3v) is 3.75. The minimum atomic E-state index is -0.258. The van der Waals surface area contributed by atoms with E-state index in [0.717, 1.165) is 24.3 Å². The minimum absolute atomic E-state index is 0.258. The lowest BCUT2D eigenvalue weighted by Crippen LogP contribution is -2.24. The Kier molecular flexibility index (Phi) is 8.45. The van der Waals surface area contributed by atoms with Crippen molar-refractivity contribution in [3.8, 4) is 11.5 Å². The van der Waals surface area contributed by atoms with Crippen LogP contribution < -0.4 is 30.7 Å². The normalized spacial score (nSPS) is 9.93. The molecule has 0 aliphatic carbocycles. The van der Waals surface area contributed by atoms with Crippen molar-refractivity contribution < 1.29 is 19.1 Å². The van der Waals surface area contributed by atoms with Crippen molar-refractivity contribution in [1.29, 1.82) is 0 Å². The molecule has 2 rings (SSSR count). The SMILES string of the molecule is CNC(=O)Nc1ccc(OCCCCOc2ccc(NC(=O)NC)cc2)cc1. The van der Waals surface area contributed by atoms with Gasteiger partial charge in [-0.05, 0) is 61.4 Å². The van der Waals surface area contributed by atoms with E-state index in [9.17, 15) is 9.59 Å². The van der Waals surface area contributed by atoms with Crippen molar-refractivity contribution in [1.82, 2.24) is 10.6 Å². The Hall–Kier alpha value is -3.42. The molecule has 0 unspecified atom stereocenters. The molecule has 2 aromatic rings. The Morgan fingerprint density at radius 3 is 1.36 bits per heavy atom. The number of hydrogen-bond acceptors (Lipinski definition) is 4. The zero-order valence-corrected chi connectivity index (χ0v) is 16.1. The average Bonchev–Trinajstić information content (AvgIpc) is 2.72. The Balaban J connectivity index is 1.60. The molecule has 0 heterocycles. The predicted molar refractivity (Wildman–Crippen MR) is 109 cm³/mol. The Bertz CT molecular complexity index is 682. The van der Waals surface area contributed by atoms with Crippen LogP contribution in [0.3, 0.4) is 0 Å². The summed E-state index contributed by atoms with van der Waals surface area (Å²) in [6, 6.07) is 13.9. The van der Waals surface area contributed by atoms with Crippen LogP contribution in [0.5, 0.6) is 11.5 Å². The van der Waals surface area contributed by atoms with Gasteiger partial charge in [0.25, 0.3) is 0 Å². The maximum atomic E-state index is 11.2. The molecular formula is C20H26N4O4.